The molecule has 3 rings (SSSR count). The van der Waals surface area contributed by atoms with E-state index in [1.807, 2.05) is 0 Å². The van der Waals surface area contributed by atoms with E-state index >= 15 is 0 Å². The van der Waals surface area contributed by atoms with E-state index in [9.17, 15) is 19.5 Å². The number of H-pyrrole nitrogens is 1. The van der Waals surface area contributed by atoms with Gasteiger partial charge in [-0.1, -0.05) is 0 Å². The number of hydrogen-bond donors (Lipinski definition) is 2. The molecule has 2 aliphatic rings. The molecule has 3 heterocycles. The Morgan fingerprint density at radius 1 is 1.37 bits per heavy atom. The summed E-state index contributed by atoms with van der Waals surface area (Å²) in [6, 6.07) is 1.17. The number of esters is 1. The van der Waals surface area contributed by atoms with E-state index in [-0.39, 0.29) is 6.61 Å². The number of carbonyl (C=O) groups excluding carboxylic acids is 1. The summed E-state index contributed by atoms with van der Waals surface area (Å²) < 4.78 is 11.6. The van der Waals surface area contributed by atoms with Crippen LogP contribution in [0.25, 0.3) is 0 Å². The van der Waals surface area contributed by atoms with Crippen molar-refractivity contribution in [3.8, 4) is 0 Å². The Morgan fingerprint density at radius 2 is 2.16 bits per heavy atom. The van der Waals surface area contributed by atoms with Crippen LogP contribution in [-0.2, 0) is 14.3 Å². The van der Waals surface area contributed by atoms with Crippen LogP contribution in [0.4, 0.5) is 0 Å². The molecule has 1 aromatic rings. The fraction of sp³-hybridized carbons (Fsp3) is 0.364. The lowest BCUT2D eigenvalue weighted by molar-refractivity contribution is -0.144. The van der Waals surface area contributed by atoms with Crippen LogP contribution in [0.5, 0.6) is 0 Å². The van der Waals surface area contributed by atoms with Crippen LogP contribution in [0.15, 0.2) is 33.5 Å². The Labute approximate surface area is 105 Å². The molecule has 0 unspecified atom stereocenters. The first-order valence-corrected chi connectivity index (χ1v) is 5.60. The molecule has 0 amide bonds. The van der Waals surface area contributed by atoms with Gasteiger partial charge >= 0.3 is 11.7 Å². The maximum Gasteiger partial charge on any atom is 0.331 e. The zero-order valence-corrected chi connectivity index (χ0v) is 9.61. The number of aliphatic hydroxyl groups excluding tert-OH is 1. The van der Waals surface area contributed by atoms with Crippen LogP contribution in [0.1, 0.15) is 6.23 Å². The second-order valence-corrected chi connectivity index (χ2v) is 4.23. The number of hydrogen-bond acceptors (Lipinski definition) is 6. The number of aliphatic hydroxyl groups is 1. The summed E-state index contributed by atoms with van der Waals surface area (Å²) in [7, 11) is 0. The third kappa shape index (κ3) is 1.81. The van der Waals surface area contributed by atoms with Gasteiger partial charge in [0.15, 0.2) is 12.3 Å². The molecule has 0 bridgehead atoms. The van der Waals surface area contributed by atoms with E-state index in [1.165, 1.54) is 18.3 Å². The molecule has 8 heteroatoms. The fourth-order valence-corrected chi connectivity index (χ4v) is 2.24. The van der Waals surface area contributed by atoms with Crippen LogP contribution in [0.2, 0.25) is 0 Å². The number of fused-ring (bicyclic) bond motifs is 1. The zero-order chi connectivity index (χ0) is 13.6. The Morgan fingerprint density at radius 3 is 2.84 bits per heavy atom. The molecule has 100 valence electrons. The SMILES string of the molecule is O=C1C=C2[C@H](n3ccc(=O)[nH]c3=O)O[C@H](CO)[C@H]2O1. The van der Waals surface area contributed by atoms with Crippen molar-refractivity contribution in [2.45, 2.75) is 18.4 Å². The molecule has 0 saturated carbocycles. The van der Waals surface area contributed by atoms with Crippen LogP contribution >= 0.6 is 0 Å². The van der Waals surface area contributed by atoms with E-state index in [4.69, 9.17) is 9.47 Å². The summed E-state index contributed by atoms with van der Waals surface area (Å²) >= 11 is 0. The largest absolute Gasteiger partial charge is 0.452 e. The first-order chi connectivity index (χ1) is 9.10. The van der Waals surface area contributed by atoms with Gasteiger partial charge in [0.25, 0.3) is 5.56 Å². The Balaban J connectivity index is 2.05. The standard InChI is InChI=1S/C11H10N2O6/c14-4-6-9-5(3-8(16)19-9)10(18-6)13-2-1-7(15)12-11(13)17/h1-3,6,9-10,14H,4H2,(H,12,15,17)/t6-,9+,10-/m1/s1. The van der Waals surface area contributed by atoms with E-state index in [0.29, 0.717) is 5.57 Å². The lowest BCUT2D eigenvalue weighted by Crippen LogP contribution is -2.32. The number of aromatic amines is 1. The quantitative estimate of drug-likeness (QED) is 0.616. The minimum atomic E-state index is -0.863. The molecular formula is C11H10N2O6. The van der Waals surface area contributed by atoms with Crippen molar-refractivity contribution in [3.05, 3.63) is 44.8 Å². The van der Waals surface area contributed by atoms with Gasteiger partial charge in [-0.3, -0.25) is 14.3 Å². The molecular weight excluding hydrogens is 256 g/mol. The van der Waals surface area contributed by atoms with Crippen molar-refractivity contribution in [2.75, 3.05) is 6.61 Å². The Hall–Kier alpha value is -2.19. The molecule has 0 aliphatic carbocycles. The smallest absolute Gasteiger partial charge is 0.331 e. The summed E-state index contributed by atoms with van der Waals surface area (Å²) in [5.41, 5.74) is -0.726. The maximum atomic E-state index is 11.7. The number of carbonyl (C=O) groups is 1. The topological polar surface area (TPSA) is 111 Å². The molecule has 1 fully saturated rings. The van der Waals surface area contributed by atoms with Gasteiger partial charge in [-0.05, 0) is 0 Å². The van der Waals surface area contributed by atoms with E-state index < -0.39 is 35.7 Å². The third-order valence-electron chi connectivity index (χ3n) is 3.07. The molecule has 3 atom stereocenters. The second-order valence-electron chi connectivity index (χ2n) is 4.23. The van der Waals surface area contributed by atoms with Crippen molar-refractivity contribution < 1.29 is 19.4 Å². The summed E-state index contributed by atoms with van der Waals surface area (Å²) in [4.78, 5) is 36.1. The summed E-state index contributed by atoms with van der Waals surface area (Å²) in [6.45, 7) is -0.343. The zero-order valence-electron chi connectivity index (χ0n) is 9.61. The monoisotopic (exact) mass is 266 g/mol. The lowest BCUT2D eigenvalue weighted by atomic mass is 10.1. The molecule has 1 aromatic heterocycles. The van der Waals surface area contributed by atoms with Gasteiger partial charge in [0.1, 0.15) is 6.10 Å². The van der Waals surface area contributed by atoms with Crippen molar-refractivity contribution in [2.24, 2.45) is 0 Å². The van der Waals surface area contributed by atoms with Gasteiger partial charge in [0.05, 0.1) is 6.61 Å². The maximum absolute atomic E-state index is 11.7. The van der Waals surface area contributed by atoms with Crippen molar-refractivity contribution in [1.82, 2.24) is 9.55 Å². The minimum Gasteiger partial charge on any atom is -0.452 e. The molecule has 0 aromatic carbocycles. The highest BCUT2D eigenvalue weighted by atomic mass is 16.6. The molecule has 8 nitrogen and oxygen atoms in total. The average Bonchev–Trinajstić information content (AvgIpc) is 2.87. The van der Waals surface area contributed by atoms with E-state index in [2.05, 4.69) is 4.98 Å². The van der Waals surface area contributed by atoms with Gasteiger partial charge in [-0.15, -0.1) is 0 Å². The average molecular weight is 266 g/mol. The lowest BCUT2D eigenvalue weighted by Gasteiger charge is -2.14. The van der Waals surface area contributed by atoms with Crippen LogP contribution in [-0.4, -0.2) is 39.4 Å². The number of rotatable bonds is 2. The number of nitrogens with zero attached hydrogens (tertiary/aromatic N) is 1. The highest BCUT2D eigenvalue weighted by molar-refractivity contribution is 5.86. The van der Waals surface area contributed by atoms with Gasteiger partial charge in [-0.25, -0.2) is 9.59 Å². The van der Waals surface area contributed by atoms with Gasteiger partial charge in [0, 0.05) is 23.9 Å². The predicted molar refractivity (Wildman–Crippen MR) is 60.3 cm³/mol. The van der Waals surface area contributed by atoms with E-state index in [0.717, 1.165) is 4.57 Å². The normalized spacial score (nSPS) is 29.0. The third-order valence-corrected chi connectivity index (χ3v) is 3.07. The van der Waals surface area contributed by atoms with Crippen LogP contribution in [0, 0.1) is 0 Å². The van der Waals surface area contributed by atoms with Gasteiger partial charge < -0.3 is 14.6 Å². The first-order valence-electron chi connectivity index (χ1n) is 5.60. The Kier molecular flexibility index (Phi) is 2.61. The molecule has 19 heavy (non-hydrogen) atoms. The van der Waals surface area contributed by atoms with Crippen molar-refractivity contribution >= 4 is 5.97 Å². The predicted octanol–water partition coefficient (Wildman–Crippen LogP) is -1.72. The number of ether oxygens (including phenoxy) is 2. The van der Waals surface area contributed by atoms with Crippen molar-refractivity contribution in [1.29, 1.82) is 0 Å². The molecule has 2 N–H and O–H groups in total. The van der Waals surface area contributed by atoms with E-state index in [1.54, 1.807) is 0 Å². The van der Waals surface area contributed by atoms with Crippen molar-refractivity contribution in [3.63, 3.8) is 0 Å². The number of aromatic nitrogens is 2. The Bertz CT molecular complexity index is 672. The fourth-order valence-electron chi connectivity index (χ4n) is 2.24. The summed E-state index contributed by atoms with van der Waals surface area (Å²) in [5.74, 6) is -0.538. The van der Waals surface area contributed by atoms with Gasteiger partial charge in [0.2, 0.25) is 0 Å². The summed E-state index contributed by atoms with van der Waals surface area (Å²) in [5, 5.41) is 9.19. The first kappa shape index (κ1) is 11.9. The highest BCUT2D eigenvalue weighted by Crippen LogP contribution is 2.38. The number of nitrogens with one attached hydrogen (secondary N) is 1. The van der Waals surface area contributed by atoms with Gasteiger partial charge in [-0.2, -0.15) is 0 Å². The highest BCUT2D eigenvalue weighted by Gasteiger charge is 2.46. The van der Waals surface area contributed by atoms with Crippen LogP contribution < -0.4 is 11.2 Å². The molecule has 0 radical (unpaired) electrons. The summed E-state index contributed by atoms with van der Waals surface area (Å²) in [6.07, 6.45) is 0.232. The minimum absolute atomic E-state index is 0.343. The molecule has 2 aliphatic heterocycles. The molecule has 0 spiro atoms. The second kappa shape index (κ2) is 4.18. The van der Waals surface area contributed by atoms with Crippen LogP contribution in [0.3, 0.4) is 0 Å². The molecule has 1 saturated heterocycles.